The zero-order chi connectivity index (χ0) is 18.4. The van der Waals surface area contributed by atoms with E-state index in [2.05, 4.69) is 5.32 Å². The van der Waals surface area contributed by atoms with Gasteiger partial charge in [-0.15, -0.1) is 11.8 Å². The average Bonchev–Trinajstić information content (AvgIpc) is 3.19. The molecule has 1 saturated heterocycles. The number of hydrogen-bond acceptors (Lipinski definition) is 4. The molecule has 1 amide bonds. The predicted octanol–water partition coefficient (Wildman–Crippen LogP) is 4.55. The molecule has 2 aromatic carbocycles. The number of benzene rings is 2. The van der Waals surface area contributed by atoms with Crippen LogP contribution in [0.2, 0.25) is 5.02 Å². The van der Waals surface area contributed by atoms with Gasteiger partial charge in [0.15, 0.2) is 0 Å². The van der Waals surface area contributed by atoms with Crippen molar-refractivity contribution in [1.29, 1.82) is 0 Å². The van der Waals surface area contributed by atoms with Crippen LogP contribution in [0.15, 0.2) is 47.4 Å². The summed E-state index contributed by atoms with van der Waals surface area (Å²) in [5.41, 5.74) is 1.62. The summed E-state index contributed by atoms with van der Waals surface area (Å²) in [5, 5.41) is 3.68. The molecular weight excluding hydrogens is 370 g/mol. The van der Waals surface area contributed by atoms with Crippen molar-refractivity contribution in [2.75, 3.05) is 20.3 Å². The maximum Gasteiger partial charge on any atom is 0.251 e. The minimum absolute atomic E-state index is 0.0825. The van der Waals surface area contributed by atoms with Crippen LogP contribution in [0.25, 0.3) is 0 Å². The second-order valence-corrected chi connectivity index (χ2v) is 7.60. The fraction of sp³-hybridized carbons (Fsp3) is 0.350. The molecule has 2 aromatic rings. The van der Waals surface area contributed by atoms with Crippen LogP contribution in [-0.2, 0) is 10.5 Å². The van der Waals surface area contributed by atoms with Crippen LogP contribution in [-0.4, -0.2) is 32.3 Å². The molecule has 0 aromatic heterocycles. The highest BCUT2D eigenvalue weighted by Crippen LogP contribution is 2.29. The van der Waals surface area contributed by atoms with Crippen LogP contribution in [0, 0.1) is 0 Å². The zero-order valence-electron chi connectivity index (χ0n) is 14.7. The highest BCUT2D eigenvalue weighted by atomic mass is 35.5. The standard InChI is InChI=1S/C20H22ClNO3S/c1-24-19-9-4-14(20(23)22-12-17-3-2-10-25-17)11-15(19)13-26-18-7-5-16(21)6-8-18/h4-9,11,17H,2-3,10,12-13H2,1H3,(H,22,23)/t17-/m0/s1. The normalized spacial score (nSPS) is 16.5. The molecule has 26 heavy (non-hydrogen) atoms. The number of rotatable bonds is 7. The van der Waals surface area contributed by atoms with Crippen molar-refractivity contribution in [3.8, 4) is 5.75 Å². The molecule has 1 N–H and O–H groups in total. The van der Waals surface area contributed by atoms with Gasteiger partial charge in [-0.3, -0.25) is 4.79 Å². The lowest BCUT2D eigenvalue weighted by molar-refractivity contribution is 0.0857. The zero-order valence-corrected chi connectivity index (χ0v) is 16.2. The van der Waals surface area contributed by atoms with E-state index < -0.39 is 0 Å². The third-order valence-electron chi connectivity index (χ3n) is 4.26. The lowest BCUT2D eigenvalue weighted by Gasteiger charge is -2.13. The molecular formula is C20H22ClNO3S. The third kappa shape index (κ3) is 5.16. The van der Waals surface area contributed by atoms with Crippen LogP contribution in [0.5, 0.6) is 5.75 Å². The van der Waals surface area contributed by atoms with Gasteiger partial charge in [0.2, 0.25) is 0 Å². The molecule has 6 heteroatoms. The fourth-order valence-corrected chi connectivity index (χ4v) is 3.84. The van der Waals surface area contributed by atoms with Gasteiger partial charge in [-0.1, -0.05) is 11.6 Å². The minimum atomic E-state index is -0.0825. The van der Waals surface area contributed by atoms with Crippen LogP contribution >= 0.6 is 23.4 Å². The molecule has 0 unspecified atom stereocenters. The first-order valence-corrected chi connectivity index (χ1v) is 9.97. The van der Waals surface area contributed by atoms with Crippen molar-refractivity contribution in [1.82, 2.24) is 5.32 Å². The summed E-state index contributed by atoms with van der Waals surface area (Å²) >= 11 is 7.60. The number of methoxy groups -OCH3 is 1. The molecule has 1 aliphatic heterocycles. The second kappa shape index (κ2) is 9.31. The van der Waals surface area contributed by atoms with Crippen LogP contribution in [0.3, 0.4) is 0 Å². The highest BCUT2D eigenvalue weighted by molar-refractivity contribution is 7.98. The first kappa shape index (κ1) is 19.1. The largest absolute Gasteiger partial charge is 0.496 e. The Balaban J connectivity index is 1.64. The van der Waals surface area contributed by atoms with Gasteiger partial charge < -0.3 is 14.8 Å². The van der Waals surface area contributed by atoms with Gasteiger partial charge in [-0.25, -0.2) is 0 Å². The Labute approximate surface area is 163 Å². The molecule has 3 rings (SSSR count). The molecule has 138 valence electrons. The van der Waals surface area contributed by atoms with Crippen LogP contribution < -0.4 is 10.1 Å². The second-order valence-electron chi connectivity index (χ2n) is 6.11. The summed E-state index contributed by atoms with van der Waals surface area (Å²) in [6.45, 7) is 1.34. The number of carbonyl (C=O) groups excluding carboxylic acids is 1. The molecule has 0 spiro atoms. The fourth-order valence-electron chi connectivity index (χ4n) is 2.84. The lowest BCUT2D eigenvalue weighted by atomic mass is 10.1. The Morgan fingerprint density at radius 1 is 1.31 bits per heavy atom. The molecule has 1 heterocycles. The summed E-state index contributed by atoms with van der Waals surface area (Å²) in [7, 11) is 1.64. The topological polar surface area (TPSA) is 47.6 Å². The van der Waals surface area contributed by atoms with Crippen LogP contribution in [0.1, 0.15) is 28.8 Å². The van der Waals surface area contributed by atoms with E-state index in [4.69, 9.17) is 21.1 Å². The van der Waals surface area contributed by atoms with Crippen molar-refractivity contribution in [3.05, 3.63) is 58.6 Å². The van der Waals surface area contributed by atoms with E-state index in [1.165, 1.54) is 0 Å². The highest BCUT2D eigenvalue weighted by Gasteiger charge is 2.17. The number of halogens is 1. The third-order valence-corrected chi connectivity index (χ3v) is 5.58. The number of ether oxygens (including phenoxy) is 2. The van der Waals surface area contributed by atoms with Crippen LogP contribution in [0.4, 0.5) is 0 Å². The molecule has 0 aliphatic carbocycles. The lowest BCUT2D eigenvalue weighted by Crippen LogP contribution is -2.31. The monoisotopic (exact) mass is 391 g/mol. The molecule has 1 fully saturated rings. The molecule has 1 aliphatic rings. The maximum atomic E-state index is 12.4. The summed E-state index contributed by atoms with van der Waals surface area (Å²) in [6.07, 6.45) is 2.21. The van der Waals surface area contributed by atoms with Gasteiger partial charge in [-0.2, -0.15) is 0 Å². The quantitative estimate of drug-likeness (QED) is 0.703. The van der Waals surface area contributed by atoms with Gasteiger partial charge in [0.1, 0.15) is 5.75 Å². The Morgan fingerprint density at radius 2 is 2.12 bits per heavy atom. The van der Waals surface area contributed by atoms with E-state index in [0.29, 0.717) is 17.9 Å². The Bertz CT molecular complexity index is 745. The number of amides is 1. The van der Waals surface area contributed by atoms with E-state index in [1.54, 1.807) is 24.9 Å². The molecule has 4 nitrogen and oxygen atoms in total. The first-order chi connectivity index (χ1) is 12.7. The molecule has 1 atom stereocenters. The predicted molar refractivity (Wildman–Crippen MR) is 105 cm³/mol. The summed E-state index contributed by atoms with van der Waals surface area (Å²) in [6, 6.07) is 13.2. The van der Waals surface area contributed by atoms with Gasteiger partial charge in [0.25, 0.3) is 5.91 Å². The Morgan fingerprint density at radius 3 is 2.81 bits per heavy atom. The van der Waals surface area contributed by atoms with E-state index in [9.17, 15) is 4.79 Å². The molecule has 0 saturated carbocycles. The van der Waals surface area contributed by atoms with E-state index in [0.717, 1.165) is 40.7 Å². The molecule has 0 bridgehead atoms. The first-order valence-electron chi connectivity index (χ1n) is 8.61. The van der Waals surface area contributed by atoms with Gasteiger partial charge >= 0.3 is 0 Å². The molecule has 0 radical (unpaired) electrons. The van der Waals surface area contributed by atoms with Gasteiger partial charge in [0.05, 0.1) is 13.2 Å². The van der Waals surface area contributed by atoms with E-state index in [1.807, 2.05) is 36.4 Å². The van der Waals surface area contributed by atoms with Gasteiger partial charge in [-0.05, 0) is 55.3 Å². The smallest absolute Gasteiger partial charge is 0.251 e. The average molecular weight is 392 g/mol. The summed E-state index contributed by atoms with van der Waals surface area (Å²) in [5.74, 6) is 1.40. The Kier molecular flexibility index (Phi) is 6.83. The summed E-state index contributed by atoms with van der Waals surface area (Å²) in [4.78, 5) is 13.6. The van der Waals surface area contributed by atoms with Crippen molar-refractivity contribution in [2.45, 2.75) is 29.6 Å². The SMILES string of the molecule is COc1ccc(C(=O)NC[C@@H]2CCCO2)cc1CSc1ccc(Cl)cc1. The summed E-state index contributed by atoms with van der Waals surface area (Å²) < 4.78 is 11.0. The van der Waals surface area contributed by atoms with Crippen molar-refractivity contribution >= 4 is 29.3 Å². The van der Waals surface area contributed by atoms with Crippen molar-refractivity contribution < 1.29 is 14.3 Å². The minimum Gasteiger partial charge on any atom is -0.496 e. The number of hydrogen-bond donors (Lipinski definition) is 1. The van der Waals surface area contributed by atoms with Crippen molar-refractivity contribution in [3.63, 3.8) is 0 Å². The number of thioether (sulfide) groups is 1. The number of carbonyl (C=O) groups is 1. The number of nitrogens with one attached hydrogen (secondary N) is 1. The van der Waals surface area contributed by atoms with Crippen molar-refractivity contribution in [2.24, 2.45) is 0 Å². The van der Waals surface area contributed by atoms with E-state index in [-0.39, 0.29) is 12.0 Å². The van der Waals surface area contributed by atoms with Gasteiger partial charge in [0, 0.05) is 39.9 Å². The Hall–Kier alpha value is -1.69. The van der Waals surface area contributed by atoms with E-state index >= 15 is 0 Å². The maximum absolute atomic E-state index is 12.4.